The fourth-order valence-electron chi connectivity index (χ4n) is 4.01. The molecular formula is C28H45N3O7. The number of carbonyl (C=O) groups is 4. The lowest BCUT2D eigenvalue weighted by Gasteiger charge is -2.39. The Bertz CT molecular complexity index is 972. The molecular weight excluding hydrogens is 490 g/mol. The molecule has 0 aromatic heterocycles. The zero-order valence-electron chi connectivity index (χ0n) is 24.2. The van der Waals surface area contributed by atoms with E-state index in [0.717, 1.165) is 17.5 Å². The first-order valence-corrected chi connectivity index (χ1v) is 12.9. The first kappa shape index (κ1) is 32.9. The molecule has 1 aromatic carbocycles. The molecule has 0 aliphatic carbocycles. The third-order valence-corrected chi connectivity index (χ3v) is 5.94. The number of methoxy groups -OCH3 is 1. The van der Waals surface area contributed by atoms with Crippen LogP contribution in [0.4, 0.5) is 4.79 Å². The minimum absolute atomic E-state index is 0.343. The molecule has 0 aliphatic rings. The van der Waals surface area contributed by atoms with E-state index in [1.807, 2.05) is 32.9 Å². The van der Waals surface area contributed by atoms with Crippen molar-refractivity contribution in [2.24, 2.45) is 5.92 Å². The minimum Gasteiger partial charge on any atom is -0.468 e. The van der Waals surface area contributed by atoms with E-state index in [4.69, 9.17) is 4.74 Å². The molecule has 1 aromatic rings. The highest BCUT2D eigenvalue weighted by atomic mass is 16.6. The molecule has 3 N–H and O–H groups in total. The van der Waals surface area contributed by atoms with Gasteiger partial charge in [-0.2, -0.15) is 0 Å². The molecule has 0 fully saturated rings. The number of alkyl carbamates (subject to hydrolysis) is 1. The molecule has 10 heteroatoms. The van der Waals surface area contributed by atoms with Gasteiger partial charge in [0, 0.05) is 6.04 Å². The maximum absolute atomic E-state index is 14.0. The van der Waals surface area contributed by atoms with Crippen LogP contribution >= 0.6 is 0 Å². The Hall–Kier alpha value is -3.14. The van der Waals surface area contributed by atoms with Crippen LogP contribution in [0.3, 0.4) is 0 Å². The predicted molar refractivity (Wildman–Crippen MR) is 144 cm³/mol. The van der Waals surface area contributed by atoms with E-state index >= 15 is 0 Å². The maximum Gasteiger partial charge on any atom is 0.408 e. The fourth-order valence-corrected chi connectivity index (χ4v) is 4.01. The zero-order valence-corrected chi connectivity index (χ0v) is 24.2. The molecule has 3 atom stereocenters. The Morgan fingerprint density at radius 3 is 2.18 bits per heavy atom. The maximum atomic E-state index is 14.0. The van der Waals surface area contributed by atoms with Crippen molar-refractivity contribution >= 4 is 23.9 Å². The fraction of sp³-hybridized carbons (Fsp3) is 0.643. The molecule has 1 rings (SSSR count). The lowest BCUT2D eigenvalue weighted by molar-refractivity contribution is -0.147. The van der Waals surface area contributed by atoms with Gasteiger partial charge in [0.05, 0.1) is 13.7 Å². The number of nitrogens with one attached hydrogen (secondary N) is 2. The lowest BCUT2D eigenvalue weighted by atomic mass is 9.94. The van der Waals surface area contributed by atoms with Crippen LogP contribution in [0.1, 0.15) is 77.1 Å². The number of rotatable bonds is 12. The summed E-state index contributed by atoms with van der Waals surface area (Å²) < 4.78 is 9.94. The van der Waals surface area contributed by atoms with E-state index in [1.54, 1.807) is 26.8 Å². The van der Waals surface area contributed by atoms with Gasteiger partial charge in [0.1, 0.15) is 24.2 Å². The molecule has 0 saturated heterocycles. The Balaban J connectivity index is 3.59. The molecule has 214 valence electrons. The molecule has 3 unspecified atom stereocenters. The Morgan fingerprint density at radius 1 is 1.05 bits per heavy atom. The predicted octanol–water partition coefficient (Wildman–Crippen LogP) is 3.17. The van der Waals surface area contributed by atoms with Crippen LogP contribution in [0.15, 0.2) is 18.2 Å². The van der Waals surface area contributed by atoms with E-state index in [1.165, 1.54) is 12.0 Å². The molecule has 0 spiro atoms. The summed E-state index contributed by atoms with van der Waals surface area (Å²) in [7, 11) is 1.22. The Labute approximate surface area is 226 Å². The molecule has 0 bridgehead atoms. The number of ether oxygens (including phenoxy) is 2. The van der Waals surface area contributed by atoms with Crippen LogP contribution in [-0.4, -0.2) is 71.8 Å². The van der Waals surface area contributed by atoms with Gasteiger partial charge in [0.15, 0.2) is 0 Å². The van der Waals surface area contributed by atoms with Crippen LogP contribution in [0.25, 0.3) is 0 Å². The number of aliphatic hydroxyl groups is 1. The van der Waals surface area contributed by atoms with E-state index in [9.17, 15) is 24.3 Å². The molecule has 0 saturated carbocycles. The highest BCUT2D eigenvalue weighted by Crippen LogP contribution is 2.30. The summed E-state index contributed by atoms with van der Waals surface area (Å²) in [6.45, 7) is 13.7. The van der Waals surface area contributed by atoms with Gasteiger partial charge in [-0.05, 0) is 71.4 Å². The third kappa shape index (κ3) is 10.3. The smallest absolute Gasteiger partial charge is 0.408 e. The van der Waals surface area contributed by atoms with Crippen molar-refractivity contribution in [3.05, 3.63) is 34.9 Å². The van der Waals surface area contributed by atoms with Gasteiger partial charge < -0.3 is 30.1 Å². The van der Waals surface area contributed by atoms with Gasteiger partial charge in [-0.3, -0.25) is 14.4 Å². The summed E-state index contributed by atoms with van der Waals surface area (Å²) in [5.74, 6) is -1.52. The van der Waals surface area contributed by atoms with Crippen LogP contribution in [0, 0.1) is 19.8 Å². The van der Waals surface area contributed by atoms with Gasteiger partial charge in [-0.1, -0.05) is 37.6 Å². The van der Waals surface area contributed by atoms with Crippen LogP contribution in [-0.2, 0) is 23.9 Å². The summed E-state index contributed by atoms with van der Waals surface area (Å²) >= 11 is 0. The number of carbonyl (C=O) groups excluding carboxylic acids is 4. The lowest BCUT2D eigenvalue weighted by Crippen LogP contribution is -2.57. The van der Waals surface area contributed by atoms with Crippen molar-refractivity contribution in [3.63, 3.8) is 0 Å². The number of amides is 3. The second-order valence-corrected chi connectivity index (χ2v) is 11.0. The quantitative estimate of drug-likeness (QED) is 0.350. The van der Waals surface area contributed by atoms with E-state index < -0.39 is 54.2 Å². The summed E-state index contributed by atoms with van der Waals surface area (Å²) in [6.07, 6.45) is 0.481. The van der Waals surface area contributed by atoms with Gasteiger partial charge in [0.25, 0.3) is 0 Å². The second-order valence-electron chi connectivity index (χ2n) is 11.0. The van der Waals surface area contributed by atoms with Crippen molar-refractivity contribution in [1.82, 2.24) is 15.5 Å². The van der Waals surface area contributed by atoms with Crippen LogP contribution in [0.2, 0.25) is 0 Å². The number of aryl methyl sites for hydroxylation is 2. The van der Waals surface area contributed by atoms with Crippen molar-refractivity contribution in [2.45, 2.75) is 92.0 Å². The van der Waals surface area contributed by atoms with E-state index in [2.05, 4.69) is 29.2 Å². The summed E-state index contributed by atoms with van der Waals surface area (Å²) in [5, 5.41) is 15.1. The number of hydrogen-bond donors (Lipinski definition) is 3. The third-order valence-electron chi connectivity index (χ3n) is 5.94. The highest BCUT2D eigenvalue weighted by molar-refractivity contribution is 5.93. The van der Waals surface area contributed by atoms with E-state index in [0.29, 0.717) is 17.9 Å². The van der Waals surface area contributed by atoms with Crippen molar-refractivity contribution in [1.29, 1.82) is 0 Å². The largest absolute Gasteiger partial charge is 0.468 e. The first-order chi connectivity index (χ1) is 17.6. The zero-order chi connectivity index (χ0) is 29.2. The van der Waals surface area contributed by atoms with Crippen molar-refractivity contribution in [3.8, 4) is 0 Å². The van der Waals surface area contributed by atoms with Gasteiger partial charge in [0.2, 0.25) is 11.8 Å². The molecule has 38 heavy (non-hydrogen) atoms. The topological polar surface area (TPSA) is 134 Å². The number of nitrogens with zero attached hydrogens (tertiary/aromatic N) is 1. The van der Waals surface area contributed by atoms with Gasteiger partial charge in [-0.25, -0.2) is 4.79 Å². The molecule has 10 nitrogen and oxygen atoms in total. The number of aliphatic hydroxyl groups excluding tert-OH is 1. The first-order valence-electron chi connectivity index (χ1n) is 12.9. The summed E-state index contributed by atoms with van der Waals surface area (Å²) in [6, 6.07) is 2.58. The number of benzene rings is 1. The second kappa shape index (κ2) is 14.7. The van der Waals surface area contributed by atoms with E-state index in [-0.39, 0.29) is 6.54 Å². The monoisotopic (exact) mass is 535 g/mol. The minimum atomic E-state index is -1.35. The number of hydrogen-bond acceptors (Lipinski definition) is 7. The molecule has 3 amide bonds. The van der Waals surface area contributed by atoms with Gasteiger partial charge >= 0.3 is 12.1 Å². The molecule has 0 heterocycles. The van der Waals surface area contributed by atoms with Crippen LogP contribution in [0.5, 0.6) is 0 Å². The SMILES string of the molecule is COC(=O)CNC(=O)C(c1ccc(C)cc1C)N(C(=O)C(CO)NC(=O)OC(C)(C)C)C(C)CCC(C)C. The van der Waals surface area contributed by atoms with Crippen molar-refractivity contribution in [2.75, 3.05) is 20.3 Å². The Morgan fingerprint density at radius 2 is 1.68 bits per heavy atom. The number of esters is 1. The standard InChI is InChI=1S/C28H45N3O7/c1-17(2)10-12-20(5)31(26(35)22(16-32)30-27(36)38-28(6,7)8)24(25(34)29-15-23(33)37-9)21-13-11-18(3)14-19(21)4/h11,13-14,17,20,22,24,32H,10,12,15-16H2,1-9H3,(H,29,34)(H,30,36). The highest BCUT2D eigenvalue weighted by Gasteiger charge is 2.39. The van der Waals surface area contributed by atoms with Gasteiger partial charge in [-0.15, -0.1) is 0 Å². The Kier molecular flexibility index (Phi) is 12.7. The average Bonchev–Trinajstić information content (AvgIpc) is 2.81. The van der Waals surface area contributed by atoms with Crippen LogP contribution < -0.4 is 10.6 Å². The molecule has 0 radical (unpaired) electrons. The van der Waals surface area contributed by atoms with Crippen molar-refractivity contribution < 1.29 is 33.8 Å². The summed E-state index contributed by atoms with van der Waals surface area (Å²) in [4.78, 5) is 53.2. The average molecular weight is 536 g/mol. The molecule has 0 aliphatic heterocycles. The normalized spacial score (nSPS) is 13.8. The summed E-state index contributed by atoms with van der Waals surface area (Å²) in [5.41, 5.74) is 1.51.